The molecule has 0 spiro atoms. The van der Waals surface area contributed by atoms with Crippen molar-refractivity contribution in [2.75, 3.05) is 27.4 Å². The van der Waals surface area contributed by atoms with Gasteiger partial charge in [-0.15, -0.1) is 0 Å². The summed E-state index contributed by atoms with van der Waals surface area (Å²) in [5.41, 5.74) is 0. The molecule has 0 aliphatic rings. The zero-order chi connectivity index (χ0) is 7.54. The van der Waals surface area contributed by atoms with E-state index >= 15 is 0 Å². The first-order chi connectivity index (χ1) is 4.33. The van der Waals surface area contributed by atoms with E-state index < -0.39 is 0 Å². The van der Waals surface area contributed by atoms with Gasteiger partial charge >= 0.3 is 33.0 Å². The molecule has 0 unspecified atom stereocenters. The normalized spacial score (nSPS) is 8.44. The summed E-state index contributed by atoms with van der Waals surface area (Å²) in [7, 11) is 12.7. The van der Waals surface area contributed by atoms with Gasteiger partial charge < -0.3 is 9.47 Å². The Labute approximate surface area is 70.2 Å². The first-order valence-electron chi connectivity index (χ1n) is 2.13. The minimum absolute atomic E-state index is 0.569. The van der Waals surface area contributed by atoms with Gasteiger partial charge in [-0.1, -0.05) is 0 Å². The van der Waals surface area contributed by atoms with Gasteiger partial charge in [0.05, 0.1) is 13.2 Å². The van der Waals surface area contributed by atoms with Crippen LogP contribution in [0.3, 0.4) is 0 Å². The van der Waals surface area contributed by atoms with Crippen molar-refractivity contribution >= 4 is 20.4 Å². The van der Waals surface area contributed by atoms with Crippen LogP contribution in [0.5, 0.6) is 0 Å². The first-order valence-corrected chi connectivity index (χ1v) is 4.85. The molecule has 5 heteroatoms. The van der Waals surface area contributed by atoms with E-state index in [0.29, 0.717) is 25.9 Å². The molecule has 0 saturated carbocycles. The van der Waals surface area contributed by atoms with Crippen LogP contribution in [0.25, 0.3) is 0 Å². The number of hydrogen-bond acceptors (Lipinski definition) is 2. The zero-order valence-electron chi connectivity index (χ0n) is 5.30. The molecule has 0 aromatic heterocycles. The molecule has 0 amide bonds. The third-order valence-corrected chi connectivity index (χ3v) is 0.492. The van der Waals surface area contributed by atoms with Crippen LogP contribution in [0, 0.1) is 0 Å². The predicted molar refractivity (Wildman–Crippen MR) is 35.5 cm³/mol. The van der Waals surface area contributed by atoms with E-state index in [0.717, 1.165) is 0 Å². The van der Waals surface area contributed by atoms with Crippen molar-refractivity contribution in [3.05, 3.63) is 0 Å². The zero-order valence-corrected chi connectivity index (χ0v) is 7.80. The van der Waals surface area contributed by atoms with Crippen molar-refractivity contribution in [3.8, 4) is 0 Å². The monoisotopic (exact) mass is 218 g/mol. The summed E-state index contributed by atoms with van der Waals surface area (Å²) in [5.74, 6) is 0. The molecule has 9 heavy (non-hydrogen) atoms. The van der Waals surface area contributed by atoms with Crippen molar-refractivity contribution < 1.29 is 22.1 Å². The van der Waals surface area contributed by atoms with E-state index in [2.05, 4.69) is 9.47 Å². The topological polar surface area (TPSA) is 18.5 Å². The van der Waals surface area contributed by atoms with Crippen LogP contribution in [-0.4, -0.2) is 27.4 Å². The van der Waals surface area contributed by atoms with Crippen LogP contribution >= 0.6 is 20.4 Å². The third-order valence-electron chi connectivity index (χ3n) is 0.492. The summed E-state index contributed by atoms with van der Waals surface area (Å²) in [6, 6.07) is 0. The average molecular weight is 220 g/mol. The number of hydrogen-bond donors (Lipinski definition) is 0. The van der Waals surface area contributed by atoms with Gasteiger partial charge in [-0.05, 0) is 0 Å². The van der Waals surface area contributed by atoms with Gasteiger partial charge in [0, 0.05) is 14.2 Å². The van der Waals surface area contributed by atoms with Crippen LogP contribution in [0.2, 0.25) is 0 Å². The summed E-state index contributed by atoms with van der Waals surface area (Å²) in [4.78, 5) is 0. The molecule has 0 heterocycles. The van der Waals surface area contributed by atoms with Gasteiger partial charge in [-0.2, -0.15) is 0 Å². The maximum absolute atomic E-state index is 4.70. The van der Waals surface area contributed by atoms with Crippen molar-refractivity contribution in [2.24, 2.45) is 0 Å². The Morgan fingerprint density at radius 2 is 1.33 bits per heavy atom. The van der Waals surface area contributed by atoms with Crippen LogP contribution in [-0.2, 0) is 22.1 Å². The summed E-state index contributed by atoms with van der Waals surface area (Å²) < 4.78 is 9.31. The fourth-order valence-corrected chi connectivity index (χ4v) is 0.167. The first kappa shape index (κ1) is 12.7. The molecule has 0 aliphatic carbocycles. The van der Waals surface area contributed by atoms with Crippen LogP contribution in [0.1, 0.15) is 0 Å². The van der Waals surface area contributed by atoms with Gasteiger partial charge in [0.1, 0.15) is 0 Å². The van der Waals surface area contributed by atoms with Gasteiger partial charge in [-0.3, -0.25) is 0 Å². The Kier molecular flexibility index (Phi) is 22.5. The fraction of sp³-hybridized carbons (Fsp3) is 1.00. The Hall–Kier alpha value is 0.994. The molecular formula is C4H10Cl2NiO2. The number of halogens is 2. The molecule has 0 bridgehead atoms. The summed E-state index contributed by atoms with van der Waals surface area (Å²) in [6.07, 6.45) is 0. The van der Waals surface area contributed by atoms with Gasteiger partial charge in [0.2, 0.25) is 0 Å². The van der Waals surface area contributed by atoms with E-state index in [9.17, 15) is 0 Å². The van der Waals surface area contributed by atoms with Crippen LogP contribution in [0.15, 0.2) is 0 Å². The molecule has 62 valence electrons. The standard InChI is InChI=1S/C4H10O2.2ClH.Ni/c1-5-3-4-6-2;;;/h3-4H2,1-2H3;2*1H;/q;;;+2/p-2. The molecule has 0 N–H and O–H groups in total. The summed E-state index contributed by atoms with van der Waals surface area (Å²) in [6.45, 7) is 1.38. The third kappa shape index (κ3) is 27.6. The van der Waals surface area contributed by atoms with E-state index in [1.807, 2.05) is 0 Å². The summed E-state index contributed by atoms with van der Waals surface area (Å²) >= 11 is 0.569. The molecule has 0 radical (unpaired) electrons. The molecular weight excluding hydrogens is 210 g/mol. The molecule has 0 fully saturated rings. The van der Waals surface area contributed by atoms with Crippen molar-refractivity contribution in [3.63, 3.8) is 0 Å². The second-order valence-electron chi connectivity index (χ2n) is 1.03. The Morgan fingerprint density at radius 1 is 1.11 bits per heavy atom. The molecule has 2 nitrogen and oxygen atoms in total. The summed E-state index contributed by atoms with van der Waals surface area (Å²) in [5, 5.41) is 0. The van der Waals surface area contributed by atoms with Crippen molar-refractivity contribution in [1.29, 1.82) is 0 Å². The fourth-order valence-electron chi connectivity index (χ4n) is 0.167. The predicted octanol–water partition coefficient (Wildman–Crippen LogP) is 1.66. The molecule has 0 atom stereocenters. The molecule has 0 saturated heterocycles. The van der Waals surface area contributed by atoms with Gasteiger partial charge in [-0.25, -0.2) is 0 Å². The Bertz CT molecular complexity index is 35.7. The number of rotatable bonds is 3. The average Bonchev–Trinajstić information content (AvgIpc) is 1.86. The van der Waals surface area contributed by atoms with Crippen molar-refractivity contribution in [1.82, 2.24) is 0 Å². The van der Waals surface area contributed by atoms with Crippen LogP contribution < -0.4 is 0 Å². The molecule has 0 aromatic rings. The number of methoxy groups -OCH3 is 2. The van der Waals surface area contributed by atoms with Crippen LogP contribution in [0.4, 0.5) is 0 Å². The SMILES string of the molecule is COCCOC.[Cl][Ni][Cl]. The van der Waals surface area contributed by atoms with E-state index in [1.54, 1.807) is 14.2 Å². The molecule has 0 rings (SSSR count). The second-order valence-corrected chi connectivity index (χ2v) is 2.66. The number of ether oxygens (including phenoxy) is 2. The van der Waals surface area contributed by atoms with E-state index in [1.165, 1.54) is 0 Å². The Balaban J connectivity index is 0. The van der Waals surface area contributed by atoms with E-state index in [-0.39, 0.29) is 0 Å². The van der Waals surface area contributed by atoms with E-state index in [4.69, 9.17) is 20.4 Å². The maximum atomic E-state index is 4.70. The minimum atomic E-state index is 0.569. The molecule has 0 aromatic carbocycles. The van der Waals surface area contributed by atoms with Gasteiger partial charge in [0.15, 0.2) is 0 Å². The van der Waals surface area contributed by atoms with Crippen molar-refractivity contribution in [2.45, 2.75) is 0 Å². The second kappa shape index (κ2) is 16.0. The van der Waals surface area contributed by atoms with Gasteiger partial charge in [0.25, 0.3) is 0 Å². The Morgan fingerprint density at radius 3 is 1.44 bits per heavy atom. The molecule has 0 aliphatic heterocycles. The quantitative estimate of drug-likeness (QED) is 0.531.